The van der Waals surface area contributed by atoms with Gasteiger partial charge in [-0.15, -0.1) is 0 Å². The number of ether oxygens (including phenoxy) is 1. The third-order valence-electron chi connectivity index (χ3n) is 3.00. The molecule has 1 aromatic carbocycles. The van der Waals surface area contributed by atoms with Crippen molar-refractivity contribution in [3.05, 3.63) is 67.5 Å². The lowest BCUT2D eigenvalue weighted by molar-refractivity contribution is -0.144. The molecule has 4 heteroatoms. The predicted octanol–water partition coefficient (Wildman–Crippen LogP) is 1.29. The van der Waals surface area contributed by atoms with Gasteiger partial charge in [-0.25, -0.2) is 4.79 Å². The largest absolute Gasteiger partial charge is 0.467 e. The Bertz CT molecular complexity index is 452. The van der Waals surface area contributed by atoms with E-state index in [1.807, 2.05) is 30.3 Å². The lowest BCUT2D eigenvalue weighted by Crippen LogP contribution is -2.44. The minimum Gasteiger partial charge on any atom is -0.467 e. The number of rotatable bonds is 5. The molecule has 1 atom stereocenters. The lowest BCUT2D eigenvalue weighted by Gasteiger charge is -2.18. The number of amides is 1. The number of hydrogen-bond acceptors (Lipinski definition) is 3. The van der Waals surface area contributed by atoms with Crippen LogP contribution in [-0.4, -0.2) is 25.0 Å². The van der Waals surface area contributed by atoms with Crippen molar-refractivity contribution in [1.82, 2.24) is 5.32 Å². The molecule has 103 valence electrons. The second-order valence-corrected chi connectivity index (χ2v) is 4.41. The molecule has 0 saturated heterocycles. The van der Waals surface area contributed by atoms with Crippen molar-refractivity contribution >= 4 is 11.9 Å². The summed E-state index contributed by atoms with van der Waals surface area (Å²) in [5, 5.41) is 2.71. The summed E-state index contributed by atoms with van der Waals surface area (Å²) < 4.78 is 4.75. The van der Waals surface area contributed by atoms with Crippen molar-refractivity contribution in [2.24, 2.45) is 0 Å². The Morgan fingerprint density at radius 3 is 2.40 bits per heavy atom. The maximum atomic E-state index is 12.0. The Morgan fingerprint density at radius 2 is 1.80 bits per heavy atom. The first-order valence-electron chi connectivity index (χ1n) is 6.35. The van der Waals surface area contributed by atoms with Crippen LogP contribution >= 0.6 is 0 Å². The van der Waals surface area contributed by atoms with Crippen molar-refractivity contribution in [2.45, 2.75) is 12.5 Å². The van der Waals surface area contributed by atoms with E-state index in [1.165, 1.54) is 7.11 Å². The van der Waals surface area contributed by atoms with E-state index in [-0.39, 0.29) is 5.91 Å². The van der Waals surface area contributed by atoms with Gasteiger partial charge in [-0.2, -0.15) is 0 Å². The maximum absolute atomic E-state index is 12.0. The molecule has 0 aliphatic heterocycles. The van der Waals surface area contributed by atoms with E-state index in [4.69, 9.17) is 4.74 Å². The molecule has 1 aliphatic rings. The molecule has 1 aliphatic carbocycles. The highest BCUT2D eigenvalue weighted by molar-refractivity contribution is 5.98. The SMILES string of the molecule is COC(=O)[C@H](Cc1ccccc1)NC(=O)[C]1[CH][CH][CH][CH]1. The molecule has 0 heterocycles. The van der Waals surface area contributed by atoms with Crippen molar-refractivity contribution in [2.75, 3.05) is 7.11 Å². The van der Waals surface area contributed by atoms with E-state index < -0.39 is 12.0 Å². The zero-order chi connectivity index (χ0) is 14.4. The summed E-state index contributed by atoms with van der Waals surface area (Å²) >= 11 is 0. The van der Waals surface area contributed by atoms with Gasteiger partial charge in [-0.3, -0.25) is 4.79 Å². The monoisotopic (exact) mass is 270 g/mol. The molecule has 1 saturated carbocycles. The van der Waals surface area contributed by atoms with E-state index in [0.29, 0.717) is 12.3 Å². The van der Waals surface area contributed by atoms with Crippen LogP contribution in [0.1, 0.15) is 5.56 Å². The molecule has 20 heavy (non-hydrogen) atoms. The van der Waals surface area contributed by atoms with E-state index in [2.05, 4.69) is 5.32 Å². The molecular weight excluding hydrogens is 254 g/mol. The van der Waals surface area contributed by atoms with Gasteiger partial charge in [0.25, 0.3) is 0 Å². The first kappa shape index (κ1) is 14.6. The van der Waals surface area contributed by atoms with Crippen LogP contribution < -0.4 is 5.32 Å². The third kappa shape index (κ3) is 3.83. The number of hydrogen-bond donors (Lipinski definition) is 1. The Labute approximate surface area is 119 Å². The average Bonchev–Trinajstić information content (AvgIpc) is 3.01. The van der Waals surface area contributed by atoms with Crippen LogP contribution in [0.2, 0.25) is 0 Å². The summed E-state index contributed by atoms with van der Waals surface area (Å²) in [6.07, 6.45) is 7.36. The minimum atomic E-state index is -0.690. The van der Waals surface area contributed by atoms with Gasteiger partial charge >= 0.3 is 5.97 Å². The van der Waals surface area contributed by atoms with Crippen molar-refractivity contribution in [1.29, 1.82) is 0 Å². The molecule has 0 bridgehead atoms. The van der Waals surface area contributed by atoms with Crippen molar-refractivity contribution < 1.29 is 14.3 Å². The number of carbonyl (C=O) groups excluding carboxylic acids is 2. The fraction of sp³-hybridized carbons (Fsp3) is 0.188. The zero-order valence-electron chi connectivity index (χ0n) is 11.2. The van der Waals surface area contributed by atoms with Crippen molar-refractivity contribution in [3.63, 3.8) is 0 Å². The van der Waals surface area contributed by atoms with Gasteiger partial charge in [-0.1, -0.05) is 30.3 Å². The predicted molar refractivity (Wildman–Crippen MR) is 74.5 cm³/mol. The lowest BCUT2D eigenvalue weighted by atomic mass is 10.0. The average molecular weight is 270 g/mol. The Kier molecular flexibility index (Phi) is 5.16. The summed E-state index contributed by atoms with van der Waals surface area (Å²) in [6.45, 7) is 0. The van der Waals surface area contributed by atoms with Crippen molar-refractivity contribution in [3.8, 4) is 0 Å². The highest BCUT2D eigenvalue weighted by Crippen LogP contribution is 2.23. The molecule has 1 amide bonds. The molecule has 1 aromatic rings. The molecular formula is C16H16NO3. The number of nitrogens with one attached hydrogen (secondary N) is 1. The van der Waals surface area contributed by atoms with Gasteiger partial charge in [0, 0.05) is 6.42 Å². The van der Waals surface area contributed by atoms with Crippen LogP contribution in [0.15, 0.2) is 30.3 Å². The van der Waals surface area contributed by atoms with Crippen LogP contribution in [0.4, 0.5) is 0 Å². The normalized spacial score (nSPS) is 16.6. The fourth-order valence-electron chi connectivity index (χ4n) is 1.95. The smallest absolute Gasteiger partial charge is 0.328 e. The van der Waals surface area contributed by atoms with Crippen LogP contribution in [0.5, 0.6) is 0 Å². The highest BCUT2D eigenvalue weighted by Gasteiger charge is 2.29. The second-order valence-electron chi connectivity index (χ2n) is 4.41. The van der Waals surface area contributed by atoms with Gasteiger partial charge in [0.2, 0.25) is 5.91 Å². The van der Waals surface area contributed by atoms with Gasteiger partial charge in [0.15, 0.2) is 0 Å². The van der Waals surface area contributed by atoms with Crippen LogP contribution in [0.3, 0.4) is 0 Å². The van der Waals surface area contributed by atoms with Gasteiger partial charge in [0.05, 0.1) is 13.0 Å². The Morgan fingerprint density at radius 1 is 1.15 bits per heavy atom. The third-order valence-corrected chi connectivity index (χ3v) is 3.00. The summed E-state index contributed by atoms with van der Waals surface area (Å²) in [4.78, 5) is 23.8. The minimum absolute atomic E-state index is 0.277. The molecule has 1 N–H and O–H groups in total. The summed E-state index contributed by atoms with van der Waals surface area (Å²) in [6, 6.07) is 8.81. The fourth-order valence-corrected chi connectivity index (χ4v) is 1.95. The summed E-state index contributed by atoms with van der Waals surface area (Å²) in [7, 11) is 1.31. The number of benzene rings is 1. The molecule has 1 fully saturated rings. The van der Waals surface area contributed by atoms with Gasteiger partial charge < -0.3 is 10.1 Å². The molecule has 5 radical (unpaired) electrons. The van der Waals surface area contributed by atoms with Crippen LogP contribution in [-0.2, 0) is 20.7 Å². The molecule has 0 spiro atoms. The second kappa shape index (κ2) is 7.08. The maximum Gasteiger partial charge on any atom is 0.328 e. The molecule has 2 rings (SSSR count). The van der Waals surface area contributed by atoms with E-state index in [1.54, 1.807) is 25.7 Å². The van der Waals surface area contributed by atoms with E-state index in [9.17, 15) is 9.59 Å². The molecule has 0 unspecified atom stereocenters. The Balaban J connectivity index is 2.00. The standard InChI is InChI=1S/C16H16NO3/c1-20-16(19)14(11-12-7-3-2-4-8-12)17-15(18)13-9-5-6-10-13/h2-10,14H,11H2,1H3,(H,17,18)/t14-/m0/s1. The number of carbonyl (C=O) groups is 2. The topological polar surface area (TPSA) is 55.4 Å². The van der Waals surface area contributed by atoms with Crippen LogP contribution in [0.25, 0.3) is 0 Å². The highest BCUT2D eigenvalue weighted by atomic mass is 16.5. The first-order valence-corrected chi connectivity index (χ1v) is 6.35. The van der Waals surface area contributed by atoms with E-state index in [0.717, 1.165) is 5.56 Å². The summed E-state index contributed by atoms with van der Waals surface area (Å²) in [5.74, 6) is -0.193. The number of methoxy groups -OCH3 is 1. The zero-order valence-corrected chi connectivity index (χ0v) is 11.2. The molecule has 4 nitrogen and oxygen atoms in total. The van der Waals surface area contributed by atoms with Crippen LogP contribution in [0, 0.1) is 31.6 Å². The quantitative estimate of drug-likeness (QED) is 0.820. The first-order chi connectivity index (χ1) is 9.70. The number of esters is 1. The van der Waals surface area contributed by atoms with E-state index >= 15 is 0 Å². The molecule has 0 aromatic heterocycles. The Hall–Kier alpha value is -1.84. The van der Waals surface area contributed by atoms with Gasteiger partial charge in [-0.05, 0) is 31.2 Å². The summed E-state index contributed by atoms with van der Waals surface area (Å²) in [5.41, 5.74) is 0.964. The van der Waals surface area contributed by atoms with Gasteiger partial charge in [0.1, 0.15) is 6.04 Å².